The number of nitrogens with two attached hydrogens (primary N) is 1. The Morgan fingerprint density at radius 1 is 1.60 bits per heavy atom. The highest BCUT2D eigenvalue weighted by Gasteiger charge is 2.10. The zero-order valence-electron chi connectivity index (χ0n) is 8.10. The number of nitro benzene ring substituents is 1. The van der Waals surface area contributed by atoms with Crippen LogP contribution in [0.3, 0.4) is 0 Å². The second kappa shape index (κ2) is 3.32. The molecule has 3 N–H and O–H groups in total. The quantitative estimate of drug-likeness (QED) is 0.574. The fraction of sp³-hybridized carbons (Fsp3) is 0.222. The van der Waals surface area contributed by atoms with Crippen LogP contribution in [0.25, 0.3) is 11.0 Å². The van der Waals surface area contributed by atoms with Crippen molar-refractivity contribution in [3.8, 4) is 0 Å². The van der Waals surface area contributed by atoms with Gasteiger partial charge in [0.25, 0.3) is 5.69 Å². The van der Waals surface area contributed by atoms with Crippen LogP contribution >= 0.6 is 0 Å². The predicted molar refractivity (Wildman–Crippen MR) is 55.4 cm³/mol. The van der Waals surface area contributed by atoms with Gasteiger partial charge >= 0.3 is 0 Å². The van der Waals surface area contributed by atoms with E-state index in [1.165, 1.54) is 12.1 Å². The molecule has 6 nitrogen and oxygen atoms in total. The van der Waals surface area contributed by atoms with Gasteiger partial charge in [-0.25, -0.2) is 4.98 Å². The van der Waals surface area contributed by atoms with Crippen LogP contribution in [0, 0.1) is 10.1 Å². The number of aromatic nitrogens is 2. The standard InChI is InChI=1S/C9H10N4O2/c1-5(10)9-11-7-3-2-6(13(14)15)4-8(7)12-9/h2-5H,10H2,1H3,(H,11,12)/t5-/m1/s1. The number of non-ortho nitro benzene ring substituents is 1. The maximum atomic E-state index is 10.5. The first-order valence-electron chi connectivity index (χ1n) is 4.47. The minimum absolute atomic E-state index is 0.0439. The summed E-state index contributed by atoms with van der Waals surface area (Å²) in [6.07, 6.45) is 0. The molecule has 2 aromatic rings. The smallest absolute Gasteiger partial charge is 0.271 e. The molecule has 1 aromatic carbocycles. The Morgan fingerprint density at radius 2 is 2.33 bits per heavy atom. The molecular weight excluding hydrogens is 196 g/mol. The van der Waals surface area contributed by atoms with Crippen molar-refractivity contribution in [2.24, 2.45) is 5.73 Å². The summed E-state index contributed by atoms with van der Waals surface area (Å²) < 4.78 is 0. The number of nitrogens with zero attached hydrogens (tertiary/aromatic N) is 2. The molecule has 15 heavy (non-hydrogen) atoms. The zero-order valence-corrected chi connectivity index (χ0v) is 8.10. The van der Waals surface area contributed by atoms with Crippen molar-refractivity contribution in [3.63, 3.8) is 0 Å². The highest BCUT2D eigenvalue weighted by atomic mass is 16.6. The van der Waals surface area contributed by atoms with Gasteiger partial charge < -0.3 is 10.7 Å². The fourth-order valence-corrected chi connectivity index (χ4v) is 1.35. The van der Waals surface area contributed by atoms with E-state index < -0.39 is 4.92 Å². The minimum Gasteiger partial charge on any atom is -0.340 e. The van der Waals surface area contributed by atoms with Crippen LogP contribution in [-0.2, 0) is 0 Å². The van der Waals surface area contributed by atoms with E-state index in [4.69, 9.17) is 5.73 Å². The normalized spacial score (nSPS) is 12.9. The van der Waals surface area contributed by atoms with E-state index in [0.29, 0.717) is 16.9 Å². The number of hydrogen-bond acceptors (Lipinski definition) is 4. The molecule has 1 atom stereocenters. The van der Waals surface area contributed by atoms with Gasteiger partial charge in [-0.3, -0.25) is 10.1 Å². The molecule has 0 amide bonds. The summed E-state index contributed by atoms with van der Waals surface area (Å²) in [4.78, 5) is 17.3. The number of hydrogen-bond donors (Lipinski definition) is 2. The van der Waals surface area contributed by atoms with Crippen LogP contribution in [-0.4, -0.2) is 14.9 Å². The van der Waals surface area contributed by atoms with Crippen molar-refractivity contribution >= 4 is 16.7 Å². The first-order valence-corrected chi connectivity index (χ1v) is 4.47. The van der Waals surface area contributed by atoms with Crippen LogP contribution in [0.15, 0.2) is 18.2 Å². The van der Waals surface area contributed by atoms with Crippen molar-refractivity contribution in [3.05, 3.63) is 34.1 Å². The van der Waals surface area contributed by atoms with E-state index in [9.17, 15) is 10.1 Å². The van der Waals surface area contributed by atoms with Crippen LogP contribution in [0.4, 0.5) is 5.69 Å². The maximum absolute atomic E-state index is 10.5. The van der Waals surface area contributed by atoms with E-state index in [2.05, 4.69) is 9.97 Å². The molecule has 0 aliphatic heterocycles. The molecule has 1 aromatic heterocycles. The molecule has 2 rings (SSSR count). The molecular formula is C9H10N4O2. The third kappa shape index (κ3) is 1.66. The average molecular weight is 206 g/mol. The van der Waals surface area contributed by atoms with Gasteiger partial charge in [0.2, 0.25) is 0 Å². The molecule has 1 heterocycles. The maximum Gasteiger partial charge on any atom is 0.271 e. The van der Waals surface area contributed by atoms with Gasteiger partial charge in [0, 0.05) is 12.1 Å². The Morgan fingerprint density at radius 3 is 2.93 bits per heavy atom. The molecule has 0 bridgehead atoms. The SMILES string of the molecule is C[C@@H](N)c1nc2ccc([N+](=O)[O-])cc2[nH]1. The van der Waals surface area contributed by atoms with E-state index in [0.717, 1.165) is 0 Å². The van der Waals surface area contributed by atoms with Crippen molar-refractivity contribution in [2.75, 3.05) is 0 Å². The monoisotopic (exact) mass is 206 g/mol. The van der Waals surface area contributed by atoms with E-state index in [-0.39, 0.29) is 11.7 Å². The van der Waals surface area contributed by atoms with Crippen LogP contribution in [0.2, 0.25) is 0 Å². The van der Waals surface area contributed by atoms with Crippen molar-refractivity contribution in [1.82, 2.24) is 9.97 Å². The lowest BCUT2D eigenvalue weighted by Crippen LogP contribution is -2.06. The lowest BCUT2D eigenvalue weighted by atomic mass is 10.3. The summed E-state index contributed by atoms with van der Waals surface area (Å²) in [6, 6.07) is 4.27. The highest BCUT2D eigenvalue weighted by Crippen LogP contribution is 2.20. The number of benzene rings is 1. The van der Waals surface area contributed by atoms with Gasteiger partial charge in [-0.15, -0.1) is 0 Å². The summed E-state index contributed by atoms with van der Waals surface area (Å²) in [5, 5.41) is 10.5. The van der Waals surface area contributed by atoms with Gasteiger partial charge in [0.1, 0.15) is 5.82 Å². The van der Waals surface area contributed by atoms with E-state index in [1.54, 1.807) is 13.0 Å². The Hall–Kier alpha value is -1.95. The topological polar surface area (TPSA) is 97.8 Å². The van der Waals surface area contributed by atoms with E-state index in [1.807, 2.05) is 0 Å². The summed E-state index contributed by atoms with van der Waals surface area (Å²) >= 11 is 0. The van der Waals surface area contributed by atoms with Crippen LogP contribution in [0.5, 0.6) is 0 Å². The Bertz CT molecular complexity index is 518. The third-order valence-electron chi connectivity index (χ3n) is 2.13. The summed E-state index contributed by atoms with van der Waals surface area (Å²) in [5.41, 5.74) is 7.02. The number of fused-ring (bicyclic) bond motifs is 1. The second-order valence-corrected chi connectivity index (χ2v) is 3.37. The second-order valence-electron chi connectivity index (χ2n) is 3.37. The third-order valence-corrected chi connectivity index (χ3v) is 2.13. The molecule has 6 heteroatoms. The number of nitrogens with one attached hydrogen (secondary N) is 1. The number of H-pyrrole nitrogens is 1. The summed E-state index contributed by atoms with van der Waals surface area (Å²) in [6.45, 7) is 1.80. The first-order chi connectivity index (χ1) is 7.08. The molecule has 0 saturated heterocycles. The van der Waals surface area contributed by atoms with Gasteiger partial charge in [-0.05, 0) is 13.0 Å². The lowest BCUT2D eigenvalue weighted by molar-refractivity contribution is -0.384. The molecule has 0 unspecified atom stereocenters. The Balaban J connectivity index is 2.57. The zero-order chi connectivity index (χ0) is 11.0. The number of imidazole rings is 1. The molecule has 0 aliphatic rings. The van der Waals surface area contributed by atoms with Crippen molar-refractivity contribution in [1.29, 1.82) is 0 Å². The summed E-state index contributed by atoms with van der Waals surface area (Å²) in [7, 11) is 0. The molecule has 0 radical (unpaired) electrons. The molecule has 78 valence electrons. The van der Waals surface area contributed by atoms with Gasteiger partial charge in [-0.1, -0.05) is 0 Å². The van der Waals surface area contributed by atoms with Crippen molar-refractivity contribution in [2.45, 2.75) is 13.0 Å². The van der Waals surface area contributed by atoms with Gasteiger partial charge in [0.05, 0.1) is 22.0 Å². The predicted octanol–water partition coefficient (Wildman–Crippen LogP) is 1.49. The molecule has 0 aliphatic carbocycles. The van der Waals surface area contributed by atoms with Crippen LogP contribution < -0.4 is 5.73 Å². The van der Waals surface area contributed by atoms with Crippen LogP contribution in [0.1, 0.15) is 18.8 Å². The Kier molecular flexibility index (Phi) is 2.12. The lowest BCUT2D eigenvalue weighted by Gasteiger charge is -1.96. The fourth-order valence-electron chi connectivity index (χ4n) is 1.35. The van der Waals surface area contributed by atoms with Crippen molar-refractivity contribution < 1.29 is 4.92 Å². The minimum atomic E-state index is -0.439. The van der Waals surface area contributed by atoms with Gasteiger partial charge in [-0.2, -0.15) is 0 Å². The number of nitro groups is 1. The highest BCUT2D eigenvalue weighted by molar-refractivity contribution is 5.77. The van der Waals surface area contributed by atoms with Gasteiger partial charge in [0.15, 0.2) is 0 Å². The molecule has 0 saturated carbocycles. The first kappa shape index (κ1) is 9.60. The number of aromatic amines is 1. The Labute approximate surface area is 85.3 Å². The average Bonchev–Trinajstić information content (AvgIpc) is 2.59. The largest absolute Gasteiger partial charge is 0.340 e. The molecule has 0 spiro atoms. The van der Waals surface area contributed by atoms with E-state index >= 15 is 0 Å². The molecule has 0 fully saturated rings. The summed E-state index contributed by atoms with van der Waals surface area (Å²) in [5.74, 6) is 0.630. The number of rotatable bonds is 2.